The average molecular weight is 296 g/mol. The number of methoxy groups -OCH3 is 1. The van der Waals surface area contributed by atoms with E-state index < -0.39 is 10.7 Å². The van der Waals surface area contributed by atoms with Crippen molar-refractivity contribution < 1.29 is 14.1 Å². The lowest BCUT2D eigenvalue weighted by Gasteiger charge is -2.22. The van der Waals surface area contributed by atoms with Crippen LogP contribution in [-0.2, 0) is 0 Å². The van der Waals surface area contributed by atoms with Crippen LogP contribution in [0.2, 0.25) is 0 Å². The van der Waals surface area contributed by atoms with Crippen LogP contribution in [0.5, 0.6) is 5.75 Å². The molecule has 0 aliphatic heterocycles. The van der Waals surface area contributed by atoms with Gasteiger partial charge in [0, 0.05) is 12.1 Å². The summed E-state index contributed by atoms with van der Waals surface area (Å²) in [5, 5.41) is 14.0. The van der Waals surface area contributed by atoms with E-state index in [1.54, 1.807) is 0 Å². The van der Waals surface area contributed by atoms with E-state index in [1.165, 1.54) is 13.2 Å². The van der Waals surface area contributed by atoms with Crippen molar-refractivity contribution in [2.45, 2.75) is 39.2 Å². The van der Waals surface area contributed by atoms with Gasteiger partial charge in [0.15, 0.2) is 11.6 Å². The first-order valence-electron chi connectivity index (χ1n) is 7.26. The highest BCUT2D eigenvalue weighted by Gasteiger charge is 2.32. The Morgan fingerprint density at radius 2 is 2.19 bits per heavy atom. The van der Waals surface area contributed by atoms with Crippen molar-refractivity contribution in [1.29, 1.82) is 0 Å². The molecule has 0 saturated heterocycles. The number of nitro groups is 1. The van der Waals surface area contributed by atoms with Gasteiger partial charge in [-0.25, -0.2) is 4.39 Å². The second-order valence-corrected chi connectivity index (χ2v) is 5.62. The van der Waals surface area contributed by atoms with Crippen LogP contribution in [0.4, 0.5) is 15.8 Å². The number of hydrogen-bond donors (Lipinski definition) is 1. The lowest BCUT2D eigenvalue weighted by atomic mass is 9.93. The van der Waals surface area contributed by atoms with Crippen molar-refractivity contribution >= 4 is 11.4 Å². The number of ether oxygens (including phenoxy) is 1. The van der Waals surface area contributed by atoms with Crippen LogP contribution < -0.4 is 10.1 Å². The monoisotopic (exact) mass is 296 g/mol. The highest BCUT2D eigenvalue weighted by molar-refractivity contribution is 5.59. The van der Waals surface area contributed by atoms with Gasteiger partial charge in [-0.1, -0.05) is 20.3 Å². The molecular weight excluding hydrogens is 275 g/mol. The molecule has 116 valence electrons. The van der Waals surface area contributed by atoms with Crippen molar-refractivity contribution in [2.75, 3.05) is 12.4 Å². The Bertz CT molecular complexity index is 536. The zero-order chi connectivity index (χ0) is 15.6. The maximum atomic E-state index is 14.1. The molecule has 0 aromatic heterocycles. The zero-order valence-electron chi connectivity index (χ0n) is 12.6. The molecule has 1 aliphatic carbocycles. The highest BCUT2D eigenvalue weighted by atomic mass is 19.1. The third kappa shape index (κ3) is 3.09. The molecule has 0 radical (unpaired) electrons. The minimum Gasteiger partial charge on any atom is -0.490 e. The lowest BCUT2D eigenvalue weighted by molar-refractivity contribution is -0.385. The van der Waals surface area contributed by atoms with Gasteiger partial charge in [0.1, 0.15) is 0 Å². The summed E-state index contributed by atoms with van der Waals surface area (Å²) in [6.45, 7) is 4.33. The zero-order valence-corrected chi connectivity index (χ0v) is 12.6. The van der Waals surface area contributed by atoms with Crippen LogP contribution in [-0.4, -0.2) is 18.1 Å². The van der Waals surface area contributed by atoms with Gasteiger partial charge in [0.2, 0.25) is 0 Å². The highest BCUT2D eigenvalue weighted by Crippen LogP contribution is 2.38. The van der Waals surface area contributed by atoms with Gasteiger partial charge in [-0.3, -0.25) is 10.1 Å². The molecule has 1 aliphatic rings. The van der Waals surface area contributed by atoms with Crippen molar-refractivity contribution in [1.82, 2.24) is 0 Å². The summed E-state index contributed by atoms with van der Waals surface area (Å²) >= 11 is 0. The van der Waals surface area contributed by atoms with Crippen LogP contribution in [0, 0.1) is 27.8 Å². The van der Waals surface area contributed by atoms with Crippen LogP contribution in [0.1, 0.15) is 33.1 Å². The Balaban J connectivity index is 2.23. The van der Waals surface area contributed by atoms with Crippen LogP contribution in [0.15, 0.2) is 12.1 Å². The molecule has 21 heavy (non-hydrogen) atoms. The molecule has 0 bridgehead atoms. The summed E-state index contributed by atoms with van der Waals surface area (Å²) in [5.41, 5.74) is -0.0856. The van der Waals surface area contributed by atoms with Crippen LogP contribution in [0.25, 0.3) is 0 Å². The molecule has 0 amide bonds. The fourth-order valence-corrected chi connectivity index (χ4v) is 3.19. The lowest BCUT2D eigenvalue weighted by Crippen LogP contribution is -2.25. The SMILES string of the molecule is CCC1CCC(Nc2cc(OC)c([N+](=O)[O-])cc2F)C1C. The number of benzene rings is 1. The number of rotatable bonds is 5. The number of nitro benzene ring substituents is 1. The van der Waals surface area contributed by atoms with E-state index in [2.05, 4.69) is 19.2 Å². The van der Waals surface area contributed by atoms with Gasteiger partial charge in [0.25, 0.3) is 0 Å². The summed E-state index contributed by atoms with van der Waals surface area (Å²) in [4.78, 5) is 10.2. The van der Waals surface area contributed by atoms with Crippen LogP contribution in [0.3, 0.4) is 0 Å². The average Bonchev–Trinajstić information content (AvgIpc) is 2.81. The topological polar surface area (TPSA) is 64.4 Å². The molecule has 0 spiro atoms. The Kier molecular flexibility index (Phi) is 4.65. The van der Waals surface area contributed by atoms with E-state index in [4.69, 9.17) is 4.74 Å². The van der Waals surface area contributed by atoms with Gasteiger partial charge in [-0.05, 0) is 24.7 Å². The molecule has 5 nitrogen and oxygen atoms in total. The number of hydrogen-bond acceptors (Lipinski definition) is 4. The summed E-state index contributed by atoms with van der Waals surface area (Å²) in [5.74, 6) is 0.553. The largest absolute Gasteiger partial charge is 0.490 e. The summed E-state index contributed by atoms with van der Waals surface area (Å²) in [6.07, 6.45) is 3.23. The Hall–Kier alpha value is -1.85. The first-order valence-corrected chi connectivity index (χ1v) is 7.26. The minimum absolute atomic E-state index is 0.0709. The van der Waals surface area contributed by atoms with Gasteiger partial charge < -0.3 is 10.1 Å². The van der Waals surface area contributed by atoms with Crippen molar-refractivity contribution in [3.05, 3.63) is 28.1 Å². The second-order valence-electron chi connectivity index (χ2n) is 5.62. The summed E-state index contributed by atoms with van der Waals surface area (Å²) in [6, 6.07) is 2.48. The maximum absolute atomic E-state index is 14.1. The summed E-state index contributed by atoms with van der Waals surface area (Å²) < 4.78 is 19.1. The Morgan fingerprint density at radius 3 is 2.71 bits per heavy atom. The molecule has 6 heteroatoms. The van der Waals surface area contributed by atoms with E-state index in [0.29, 0.717) is 11.8 Å². The smallest absolute Gasteiger partial charge is 0.313 e. The van der Waals surface area contributed by atoms with Gasteiger partial charge in [0.05, 0.1) is 23.8 Å². The number of halogens is 1. The molecule has 3 unspecified atom stereocenters. The van der Waals surface area contributed by atoms with Crippen molar-refractivity contribution in [3.63, 3.8) is 0 Å². The quantitative estimate of drug-likeness (QED) is 0.659. The van der Waals surface area contributed by atoms with E-state index >= 15 is 0 Å². The maximum Gasteiger partial charge on any atom is 0.313 e. The Morgan fingerprint density at radius 1 is 1.48 bits per heavy atom. The fourth-order valence-electron chi connectivity index (χ4n) is 3.19. The van der Waals surface area contributed by atoms with Gasteiger partial charge in [-0.2, -0.15) is 0 Å². The summed E-state index contributed by atoms with van der Waals surface area (Å²) in [7, 11) is 1.34. The molecule has 1 saturated carbocycles. The standard InChI is InChI=1S/C15H21FN2O3/c1-4-10-5-6-12(9(10)2)17-13-8-15(21-3)14(18(19)20)7-11(13)16/h7-10,12,17H,4-6H2,1-3H3. The minimum atomic E-state index is -0.642. The fraction of sp³-hybridized carbons (Fsp3) is 0.600. The molecular formula is C15H21FN2O3. The molecule has 1 N–H and O–H groups in total. The normalized spacial score (nSPS) is 24.9. The van der Waals surface area contributed by atoms with Crippen molar-refractivity contribution in [2.24, 2.45) is 11.8 Å². The molecule has 0 heterocycles. The van der Waals surface area contributed by atoms with Gasteiger partial charge in [-0.15, -0.1) is 0 Å². The third-order valence-corrected chi connectivity index (χ3v) is 4.56. The van der Waals surface area contributed by atoms with E-state index in [0.717, 1.165) is 25.3 Å². The predicted octanol–water partition coefficient (Wildman–Crippen LogP) is 3.98. The number of nitrogens with one attached hydrogen (secondary N) is 1. The first kappa shape index (κ1) is 15.5. The first-order chi connectivity index (χ1) is 9.97. The van der Waals surface area contributed by atoms with E-state index in [9.17, 15) is 14.5 Å². The van der Waals surface area contributed by atoms with Crippen LogP contribution >= 0.6 is 0 Å². The molecule has 1 aromatic carbocycles. The Labute approximate surface area is 123 Å². The van der Waals surface area contributed by atoms with E-state index in [-0.39, 0.29) is 23.2 Å². The van der Waals surface area contributed by atoms with E-state index in [1.807, 2.05) is 0 Å². The number of anilines is 1. The molecule has 3 atom stereocenters. The predicted molar refractivity (Wildman–Crippen MR) is 79.2 cm³/mol. The third-order valence-electron chi connectivity index (χ3n) is 4.56. The van der Waals surface area contributed by atoms with Gasteiger partial charge >= 0.3 is 5.69 Å². The number of nitrogens with zero attached hydrogens (tertiary/aromatic N) is 1. The molecule has 1 aromatic rings. The molecule has 2 rings (SSSR count). The molecule has 1 fully saturated rings. The van der Waals surface area contributed by atoms with Crippen molar-refractivity contribution in [3.8, 4) is 5.75 Å². The second kappa shape index (κ2) is 6.28.